The molecule has 0 bridgehead atoms. The Kier molecular flexibility index (Phi) is 49.7. The van der Waals surface area contributed by atoms with Crippen LogP contribution in [0, 0.1) is 0 Å². The lowest BCUT2D eigenvalue weighted by atomic mass is 10.0. The maximum Gasteiger partial charge on any atom is 0.306 e. The van der Waals surface area contributed by atoms with Crippen molar-refractivity contribution >= 4 is 17.9 Å². The minimum atomic E-state index is -0.760. The maximum absolute atomic E-state index is 12.8. The summed E-state index contributed by atoms with van der Waals surface area (Å²) in [6.07, 6.45) is 55.1. The van der Waals surface area contributed by atoms with Crippen molar-refractivity contribution in [2.75, 3.05) is 13.2 Å². The summed E-state index contributed by atoms with van der Waals surface area (Å²) in [5, 5.41) is 0. The summed E-state index contributed by atoms with van der Waals surface area (Å²) >= 11 is 0. The lowest BCUT2D eigenvalue weighted by Crippen LogP contribution is -2.30. The highest BCUT2D eigenvalue weighted by molar-refractivity contribution is 5.71. The molecule has 0 rings (SSSR count). The Hall–Kier alpha value is -1.59. The fourth-order valence-corrected chi connectivity index (χ4v) is 8.45. The Morgan fingerprint density at radius 2 is 0.443 bits per heavy atom. The number of hydrogen-bond donors (Lipinski definition) is 0. The number of ether oxygens (including phenoxy) is 3. The molecule has 0 spiro atoms. The molecule has 0 heterocycles. The number of carbonyl (C=O) groups is 3. The summed E-state index contributed by atoms with van der Waals surface area (Å²) in [5.74, 6) is -0.836. The van der Waals surface area contributed by atoms with E-state index in [1.165, 1.54) is 218 Å². The molecule has 6 nitrogen and oxygen atoms in total. The second-order valence-electron chi connectivity index (χ2n) is 18.9. The number of carbonyl (C=O) groups excluding carboxylic acids is 3. The fourth-order valence-electron chi connectivity index (χ4n) is 8.45. The monoisotopic (exact) mass is 863 g/mol. The van der Waals surface area contributed by atoms with Crippen molar-refractivity contribution in [1.82, 2.24) is 0 Å². The van der Waals surface area contributed by atoms with Gasteiger partial charge in [-0.1, -0.05) is 278 Å². The first-order chi connectivity index (χ1) is 30.0. The molecule has 0 aromatic rings. The van der Waals surface area contributed by atoms with E-state index in [9.17, 15) is 14.4 Å². The molecule has 0 aromatic heterocycles. The molecule has 0 aromatic carbocycles. The number of hydrogen-bond acceptors (Lipinski definition) is 6. The molecule has 61 heavy (non-hydrogen) atoms. The van der Waals surface area contributed by atoms with Crippen LogP contribution in [0.4, 0.5) is 0 Å². The van der Waals surface area contributed by atoms with Crippen LogP contribution in [0.1, 0.15) is 316 Å². The Bertz CT molecular complexity index is 905. The van der Waals surface area contributed by atoms with Crippen LogP contribution in [0.5, 0.6) is 0 Å². The van der Waals surface area contributed by atoms with Crippen molar-refractivity contribution in [3.05, 3.63) is 0 Å². The van der Waals surface area contributed by atoms with E-state index in [0.29, 0.717) is 19.3 Å². The summed E-state index contributed by atoms with van der Waals surface area (Å²) in [6, 6.07) is 0. The third-order valence-corrected chi connectivity index (χ3v) is 12.6. The molecular weight excluding hydrogens is 757 g/mol. The van der Waals surface area contributed by atoms with Crippen molar-refractivity contribution in [2.24, 2.45) is 0 Å². The van der Waals surface area contributed by atoms with Gasteiger partial charge in [-0.15, -0.1) is 0 Å². The van der Waals surface area contributed by atoms with Gasteiger partial charge >= 0.3 is 17.9 Å². The highest BCUT2D eigenvalue weighted by atomic mass is 16.6. The zero-order chi connectivity index (χ0) is 44.4. The molecule has 0 fully saturated rings. The first-order valence-corrected chi connectivity index (χ1v) is 27.5. The van der Waals surface area contributed by atoms with Crippen LogP contribution in [0.25, 0.3) is 0 Å². The largest absolute Gasteiger partial charge is 0.462 e. The van der Waals surface area contributed by atoms with Gasteiger partial charge in [0.05, 0.1) is 0 Å². The van der Waals surface area contributed by atoms with E-state index >= 15 is 0 Å². The topological polar surface area (TPSA) is 78.9 Å². The minimum absolute atomic E-state index is 0.0614. The van der Waals surface area contributed by atoms with E-state index in [1.54, 1.807) is 0 Å². The van der Waals surface area contributed by atoms with Gasteiger partial charge in [-0.25, -0.2) is 0 Å². The molecule has 0 amide bonds. The van der Waals surface area contributed by atoms with Crippen LogP contribution in [0.15, 0.2) is 0 Å². The van der Waals surface area contributed by atoms with Crippen LogP contribution in [-0.2, 0) is 28.6 Å². The molecule has 0 unspecified atom stereocenters. The number of esters is 3. The molecule has 6 heteroatoms. The second-order valence-corrected chi connectivity index (χ2v) is 18.9. The van der Waals surface area contributed by atoms with Gasteiger partial charge in [-0.2, -0.15) is 0 Å². The van der Waals surface area contributed by atoms with Gasteiger partial charge in [-0.3, -0.25) is 14.4 Å². The van der Waals surface area contributed by atoms with Crippen LogP contribution < -0.4 is 0 Å². The first kappa shape index (κ1) is 59.4. The Labute approximate surface area is 380 Å². The summed E-state index contributed by atoms with van der Waals surface area (Å²) in [4.78, 5) is 38.0. The normalized spacial score (nSPS) is 11.9. The van der Waals surface area contributed by atoms with Crippen LogP contribution in [0.2, 0.25) is 0 Å². The summed E-state index contributed by atoms with van der Waals surface area (Å²) in [5.41, 5.74) is 0. The first-order valence-electron chi connectivity index (χ1n) is 27.5. The molecule has 0 saturated heterocycles. The van der Waals surface area contributed by atoms with Gasteiger partial charge in [0.25, 0.3) is 0 Å². The Morgan fingerprint density at radius 1 is 0.262 bits per heavy atom. The van der Waals surface area contributed by atoms with E-state index in [-0.39, 0.29) is 31.1 Å². The molecule has 0 N–H and O–H groups in total. The smallest absolute Gasteiger partial charge is 0.306 e. The zero-order valence-electron chi connectivity index (χ0n) is 41.5. The highest BCUT2D eigenvalue weighted by Gasteiger charge is 2.19. The predicted molar refractivity (Wildman–Crippen MR) is 261 cm³/mol. The molecule has 362 valence electrons. The van der Waals surface area contributed by atoms with E-state index in [0.717, 1.165) is 57.8 Å². The van der Waals surface area contributed by atoms with Gasteiger partial charge in [0.2, 0.25) is 0 Å². The third kappa shape index (κ3) is 49.3. The molecule has 0 aliphatic heterocycles. The summed E-state index contributed by atoms with van der Waals surface area (Å²) < 4.78 is 16.8. The molecule has 0 radical (unpaired) electrons. The molecule has 0 saturated carbocycles. The van der Waals surface area contributed by atoms with Gasteiger partial charge in [0.1, 0.15) is 13.2 Å². The van der Waals surface area contributed by atoms with Gasteiger partial charge in [0.15, 0.2) is 6.10 Å². The molecular formula is C55H106O6. The molecule has 1 atom stereocenters. The Morgan fingerprint density at radius 3 is 0.656 bits per heavy atom. The number of unbranched alkanes of at least 4 members (excludes halogenated alkanes) is 40. The van der Waals surface area contributed by atoms with Gasteiger partial charge in [0, 0.05) is 19.3 Å². The van der Waals surface area contributed by atoms with Crippen molar-refractivity contribution in [3.8, 4) is 0 Å². The maximum atomic E-state index is 12.8. The highest BCUT2D eigenvalue weighted by Crippen LogP contribution is 2.17. The van der Waals surface area contributed by atoms with Crippen molar-refractivity contribution in [3.63, 3.8) is 0 Å². The van der Waals surface area contributed by atoms with E-state index < -0.39 is 6.10 Å². The fraction of sp³-hybridized carbons (Fsp3) is 0.945. The lowest BCUT2D eigenvalue weighted by Gasteiger charge is -2.18. The quantitative estimate of drug-likeness (QED) is 0.0344. The van der Waals surface area contributed by atoms with Crippen LogP contribution in [0.3, 0.4) is 0 Å². The average molecular weight is 863 g/mol. The van der Waals surface area contributed by atoms with E-state index in [4.69, 9.17) is 14.2 Å². The van der Waals surface area contributed by atoms with Crippen molar-refractivity contribution < 1.29 is 28.6 Å². The SMILES string of the molecule is CCCCCCCCCCCCCCCCCCC(=O)O[C@@H](COC(=O)CCCCCCCCCCCCCC)COC(=O)CCCCCCCCCCCCCCCCC. The third-order valence-electron chi connectivity index (χ3n) is 12.6. The van der Waals surface area contributed by atoms with Gasteiger partial charge < -0.3 is 14.2 Å². The Balaban J connectivity index is 4.29. The average Bonchev–Trinajstić information content (AvgIpc) is 3.26. The van der Waals surface area contributed by atoms with E-state index in [1.807, 2.05) is 0 Å². The standard InChI is InChI=1S/C55H106O6/c1-4-7-10-13-16-19-22-25-27-29-31-34-37-40-43-46-49-55(58)61-52(50-59-53(56)47-44-41-38-35-32-24-21-18-15-12-9-6-3)51-60-54(57)48-45-42-39-36-33-30-28-26-23-20-17-14-11-8-5-2/h52H,4-51H2,1-3H3/t52-/m0/s1. The second kappa shape index (κ2) is 51.0. The zero-order valence-corrected chi connectivity index (χ0v) is 41.5. The summed E-state index contributed by atoms with van der Waals surface area (Å²) in [7, 11) is 0. The molecule has 0 aliphatic carbocycles. The van der Waals surface area contributed by atoms with Crippen molar-refractivity contribution in [1.29, 1.82) is 0 Å². The van der Waals surface area contributed by atoms with E-state index in [2.05, 4.69) is 20.8 Å². The summed E-state index contributed by atoms with van der Waals surface area (Å²) in [6.45, 7) is 6.69. The predicted octanol–water partition coefficient (Wildman–Crippen LogP) is 18.0. The lowest BCUT2D eigenvalue weighted by molar-refractivity contribution is -0.167. The number of rotatable bonds is 51. The van der Waals surface area contributed by atoms with Crippen LogP contribution >= 0.6 is 0 Å². The van der Waals surface area contributed by atoms with Crippen molar-refractivity contribution in [2.45, 2.75) is 322 Å². The minimum Gasteiger partial charge on any atom is -0.462 e. The molecule has 0 aliphatic rings. The van der Waals surface area contributed by atoms with Gasteiger partial charge in [-0.05, 0) is 19.3 Å². The van der Waals surface area contributed by atoms with Crippen LogP contribution in [-0.4, -0.2) is 37.2 Å².